The number of aromatic nitrogens is 4. The second kappa shape index (κ2) is 8.31. The van der Waals surface area contributed by atoms with Crippen molar-refractivity contribution in [3.05, 3.63) is 77.6 Å². The summed E-state index contributed by atoms with van der Waals surface area (Å²) in [7, 11) is 0. The highest BCUT2D eigenvalue weighted by molar-refractivity contribution is 5.62. The van der Waals surface area contributed by atoms with Gasteiger partial charge in [-0.1, -0.05) is 25.1 Å². The standard InChI is InChI=1S/C23H24N4O2/c1-4-21-23(26-27(25-21)19-8-6-5-7-9-19)18-10-12-20(13-11-18)28-15-14-22-16(2)29-17(3)24-22/h5-13H,4,14-15H2,1-3H3. The Balaban J connectivity index is 1.46. The highest BCUT2D eigenvalue weighted by Gasteiger charge is 2.13. The fourth-order valence-electron chi connectivity index (χ4n) is 3.25. The summed E-state index contributed by atoms with van der Waals surface area (Å²) in [6, 6.07) is 17.9. The third-order valence-corrected chi connectivity index (χ3v) is 4.74. The van der Waals surface area contributed by atoms with Crippen molar-refractivity contribution < 1.29 is 9.15 Å². The molecule has 0 radical (unpaired) electrons. The van der Waals surface area contributed by atoms with E-state index in [0.717, 1.165) is 52.7 Å². The van der Waals surface area contributed by atoms with Crippen LogP contribution in [0.1, 0.15) is 30.0 Å². The number of nitrogens with zero attached hydrogens (tertiary/aromatic N) is 4. The summed E-state index contributed by atoms with van der Waals surface area (Å²) in [5.74, 6) is 2.37. The summed E-state index contributed by atoms with van der Waals surface area (Å²) in [6.45, 7) is 6.43. The number of hydrogen-bond donors (Lipinski definition) is 0. The number of oxazole rings is 1. The lowest BCUT2D eigenvalue weighted by Gasteiger charge is -2.06. The smallest absolute Gasteiger partial charge is 0.191 e. The minimum Gasteiger partial charge on any atom is -0.493 e. The zero-order valence-corrected chi connectivity index (χ0v) is 16.9. The lowest BCUT2D eigenvalue weighted by Crippen LogP contribution is -2.02. The first kappa shape index (κ1) is 18.9. The van der Waals surface area contributed by atoms with Crippen molar-refractivity contribution in [3.63, 3.8) is 0 Å². The molecule has 4 rings (SSSR count). The maximum absolute atomic E-state index is 5.87. The van der Waals surface area contributed by atoms with Gasteiger partial charge < -0.3 is 9.15 Å². The lowest BCUT2D eigenvalue weighted by molar-refractivity contribution is 0.320. The predicted octanol–water partition coefficient (Wildman–Crippen LogP) is 4.72. The molecule has 0 fully saturated rings. The summed E-state index contributed by atoms with van der Waals surface area (Å²) in [4.78, 5) is 6.07. The molecule has 148 valence electrons. The second-order valence-corrected chi connectivity index (χ2v) is 6.83. The van der Waals surface area contributed by atoms with Crippen molar-refractivity contribution in [2.24, 2.45) is 0 Å². The van der Waals surface area contributed by atoms with Crippen molar-refractivity contribution in [1.82, 2.24) is 20.0 Å². The van der Waals surface area contributed by atoms with Crippen LogP contribution in [0.5, 0.6) is 5.75 Å². The van der Waals surface area contributed by atoms with Crippen LogP contribution in [-0.2, 0) is 12.8 Å². The molecule has 2 aromatic heterocycles. The average Bonchev–Trinajstić information content (AvgIpc) is 3.32. The van der Waals surface area contributed by atoms with Crippen molar-refractivity contribution in [3.8, 4) is 22.7 Å². The molecule has 29 heavy (non-hydrogen) atoms. The van der Waals surface area contributed by atoms with Gasteiger partial charge in [-0.25, -0.2) is 4.98 Å². The SMILES string of the molecule is CCc1nn(-c2ccccc2)nc1-c1ccc(OCCc2nc(C)oc2C)cc1. The van der Waals surface area contributed by atoms with Gasteiger partial charge in [-0.05, 0) is 49.7 Å². The third-order valence-electron chi connectivity index (χ3n) is 4.74. The van der Waals surface area contributed by atoms with Gasteiger partial charge in [0.25, 0.3) is 0 Å². The maximum Gasteiger partial charge on any atom is 0.191 e. The van der Waals surface area contributed by atoms with Crippen LogP contribution in [-0.4, -0.2) is 26.6 Å². The van der Waals surface area contributed by atoms with E-state index in [9.17, 15) is 0 Å². The molecule has 0 spiro atoms. The number of hydrogen-bond acceptors (Lipinski definition) is 5. The monoisotopic (exact) mass is 388 g/mol. The fraction of sp³-hybridized carbons (Fsp3) is 0.261. The van der Waals surface area contributed by atoms with E-state index in [1.54, 1.807) is 4.80 Å². The van der Waals surface area contributed by atoms with E-state index >= 15 is 0 Å². The molecular weight excluding hydrogens is 364 g/mol. The van der Waals surface area contributed by atoms with E-state index in [4.69, 9.17) is 14.3 Å². The van der Waals surface area contributed by atoms with Crippen LogP contribution in [0.25, 0.3) is 16.9 Å². The molecule has 0 amide bonds. The molecule has 0 saturated carbocycles. The summed E-state index contributed by atoms with van der Waals surface area (Å²) in [5.41, 5.74) is 4.80. The Morgan fingerprint density at radius 3 is 2.34 bits per heavy atom. The third kappa shape index (κ3) is 4.21. The molecule has 0 N–H and O–H groups in total. The molecule has 0 aliphatic heterocycles. The van der Waals surface area contributed by atoms with Crippen LogP contribution in [0.2, 0.25) is 0 Å². The Morgan fingerprint density at radius 1 is 0.931 bits per heavy atom. The van der Waals surface area contributed by atoms with Gasteiger partial charge in [0.1, 0.15) is 17.2 Å². The van der Waals surface area contributed by atoms with Gasteiger partial charge in [0.2, 0.25) is 0 Å². The second-order valence-electron chi connectivity index (χ2n) is 6.83. The van der Waals surface area contributed by atoms with Gasteiger partial charge in [-0.15, -0.1) is 5.10 Å². The molecule has 0 bridgehead atoms. The largest absolute Gasteiger partial charge is 0.493 e. The normalized spacial score (nSPS) is 11.0. The van der Waals surface area contributed by atoms with Crippen molar-refractivity contribution in [2.75, 3.05) is 6.61 Å². The zero-order valence-electron chi connectivity index (χ0n) is 16.9. The minimum absolute atomic E-state index is 0.552. The van der Waals surface area contributed by atoms with Gasteiger partial charge in [0, 0.05) is 18.9 Å². The van der Waals surface area contributed by atoms with Crippen LogP contribution in [0.3, 0.4) is 0 Å². The molecule has 4 aromatic rings. The molecule has 0 aliphatic carbocycles. The Bertz CT molecular complexity index is 1080. The van der Waals surface area contributed by atoms with E-state index in [-0.39, 0.29) is 0 Å². The van der Waals surface area contributed by atoms with E-state index < -0.39 is 0 Å². The Labute approximate surface area is 170 Å². The molecule has 0 unspecified atom stereocenters. The zero-order chi connectivity index (χ0) is 20.2. The topological polar surface area (TPSA) is 66.0 Å². The summed E-state index contributed by atoms with van der Waals surface area (Å²) in [5, 5.41) is 9.36. The van der Waals surface area contributed by atoms with Crippen LogP contribution in [0.4, 0.5) is 0 Å². The molecule has 6 nitrogen and oxygen atoms in total. The van der Waals surface area contributed by atoms with Crippen molar-refractivity contribution >= 4 is 0 Å². The van der Waals surface area contributed by atoms with Crippen molar-refractivity contribution in [2.45, 2.75) is 33.6 Å². The first-order valence-corrected chi connectivity index (χ1v) is 9.82. The van der Waals surface area contributed by atoms with E-state index in [1.165, 1.54) is 0 Å². The quantitative estimate of drug-likeness (QED) is 0.458. The molecule has 0 atom stereocenters. The maximum atomic E-state index is 5.87. The average molecular weight is 388 g/mol. The van der Waals surface area contributed by atoms with Gasteiger partial charge in [-0.2, -0.15) is 9.90 Å². The molecule has 6 heteroatoms. The number of rotatable bonds is 7. The van der Waals surface area contributed by atoms with E-state index in [2.05, 4.69) is 17.0 Å². The minimum atomic E-state index is 0.552. The summed E-state index contributed by atoms with van der Waals surface area (Å²) >= 11 is 0. The number of para-hydroxylation sites is 1. The highest BCUT2D eigenvalue weighted by atomic mass is 16.5. The number of ether oxygens (including phenoxy) is 1. The molecule has 2 aromatic carbocycles. The highest BCUT2D eigenvalue weighted by Crippen LogP contribution is 2.24. The lowest BCUT2D eigenvalue weighted by atomic mass is 10.1. The van der Waals surface area contributed by atoms with E-state index in [0.29, 0.717) is 12.5 Å². The number of benzene rings is 2. The number of aryl methyl sites for hydroxylation is 3. The molecular formula is C23H24N4O2. The fourth-order valence-corrected chi connectivity index (χ4v) is 3.25. The Morgan fingerprint density at radius 2 is 1.69 bits per heavy atom. The molecule has 2 heterocycles. The molecule has 0 saturated heterocycles. The van der Waals surface area contributed by atoms with Gasteiger partial charge in [0.15, 0.2) is 5.89 Å². The van der Waals surface area contributed by atoms with Crippen LogP contribution in [0, 0.1) is 13.8 Å². The van der Waals surface area contributed by atoms with Gasteiger partial charge in [-0.3, -0.25) is 0 Å². The van der Waals surface area contributed by atoms with Crippen LogP contribution < -0.4 is 4.74 Å². The van der Waals surface area contributed by atoms with E-state index in [1.807, 2.05) is 68.4 Å². The van der Waals surface area contributed by atoms with Gasteiger partial charge in [0.05, 0.1) is 23.7 Å². The summed E-state index contributed by atoms with van der Waals surface area (Å²) in [6.07, 6.45) is 1.53. The van der Waals surface area contributed by atoms with Crippen molar-refractivity contribution in [1.29, 1.82) is 0 Å². The Kier molecular flexibility index (Phi) is 5.42. The first-order chi connectivity index (χ1) is 14.1. The van der Waals surface area contributed by atoms with Gasteiger partial charge >= 0.3 is 0 Å². The first-order valence-electron chi connectivity index (χ1n) is 9.82. The van der Waals surface area contributed by atoms with Crippen LogP contribution >= 0.6 is 0 Å². The predicted molar refractivity (Wildman–Crippen MR) is 111 cm³/mol. The Hall–Kier alpha value is -3.41. The van der Waals surface area contributed by atoms with Crippen LogP contribution in [0.15, 0.2) is 59.0 Å². The summed E-state index contributed by atoms with van der Waals surface area (Å²) < 4.78 is 11.3. The molecule has 0 aliphatic rings.